The second-order valence-electron chi connectivity index (χ2n) is 5.81. The van der Waals surface area contributed by atoms with Crippen molar-refractivity contribution in [1.29, 1.82) is 0 Å². The fourth-order valence-electron chi connectivity index (χ4n) is 2.58. The minimum atomic E-state index is -0.788. The standard InChI is InChI=1S/C14H23NO3/c1-7(2)10(15)9-11(16)8(3)13(18-6)14(4,5)12(9)17/h7,9-10H,15H2,1-6H3. The molecule has 4 heteroatoms. The molecule has 1 aliphatic carbocycles. The summed E-state index contributed by atoms with van der Waals surface area (Å²) in [5.74, 6) is -0.548. The number of rotatable bonds is 3. The first-order valence-corrected chi connectivity index (χ1v) is 6.25. The van der Waals surface area contributed by atoms with Gasteiger partial charge in [-0.2, -0.15) is 0 Å². The lowest BCUT2D eigenvalue weighted by Gasteiger charge is -2.38. The molecule has 0 aromatic heterocycles. The molecule has 2 unspecified atom stereocenters. The van der Waals surface area contributed by atoms with Crippen molar-refractivity contribution in [2.75, 3.05) is 7.11 Å². The first-order valence-electron chi connectivity index (χ1n) is 6.25. The van der Waals surface area contributed by atoms with Crippen molar-refractivity contribution in [3.63, 3.8) is 0 Å². The average molecular weight is 253 g/mol. The molecule has 0 spiro atoms. The topological polar surface area (TPSA) is 69.4 Å². The Kier molecular flexibility index (Phi) is 4.01. The first-order chi connectivity index (χ1) is 8.16. The van der Waals surface area contributed by atoms with Gasteiger partial charge in [-0.1, -0.05) is 13.8 Å². The van der Waals surface area contributed by atoms with Gasteiger partial charge < -0.3 is 10.5 Å². The summed E-state index contributed by atoms with van der Waals surface area (Å²) >= 11 is 0. The van der Waals surface area contributed by atoms with Crippen LogP contribution in [0.3, 0.4) is 0 Å². The van der Waals surface area contributed by atoms with Crippen molar-refractivity contribution in [3.05, 3.63) is 11.3 Å². The van der Waals surface area contributed by atoms with Crippen LogP contribution in [0.1, 0.15) is 34.6 Å². The monoisotopic (exact) mass is 253 g/mol. The van der Waals surface area contributed by atoms with E-state index in [1.807, 2.05) is 13.8 Å². The van der Waals surface area contributed by atoms with Crippen LogP contribution in [0.4, 0.5) is 0 Å². The fourth-order valence-corrected chi connectivity index (χ4v) is 2.58. The summed E-state index contributed by atoms with van der Waals surface area (Å²) in [6.07, 6.45) is 0. The van der Waals surface area contributed by atoms with Crippen molar-refractivity contribution in [1.82, 2.24) is 0 Å². The molecule has 0 amide bonds. The van der Waals surface area contributed by atoms with Crippen molar-refractivity contribution in [3.8, 4) is 0 Å². The molecule has 1 aliphatic rings. The Bertz CT molecular complexity index is 407. The maximum atomic E-state index is 12.5. The van der Waals surface area contributed by atoms with Crippen LogP contribution >= 0.6 is 0 Å². The van der Waals surface area contributed by atoms with E-state index in [1.54, 1.807) is 20.8 Å². The van der Waals surface area contributed by atoms with Crippen LogP contribution < -0.4 is 5.73 Å². The molecule has 102 valence electrons. The Morgan fingerprint density at radius 3 is 2.17 bits per heavy atom. The lowest BCUT2D eigenvalue weighted by molar-refractivity contribution is -0.140. The van der Waals surface area contributed by atoms with Gasteiger partial charge in [0.25, 0.3) is 0 Å². The number of ether oxygens (including phenoxy) is 1. The van der Waals surface area contributed by atoms with E-state index in [2.05, 4.69) is 0 Å². The Morgan fingerprint density at radius 1 is 1.28 bits per heavy atom. The molecule has 18 heavy (non-hydrogen) atoms. The molecule has 2 N–H and O–H groups in total. The molecule has 0 aliphatic heterocycles. The predicted molar refractivity (Wildman–Crippen MR) is 69.8 cm³/mol. The van der Waals surface area contributed by atoms with Gasteiger partial charge in [-0.05, 0) is 26.7 Å². The van der Waals surface area contributed by atoms with Gasteiger partial charge in [0.2, 0.25) is 0 Å². The largest absolute Gasteiger partial charge is 0.500 e. The second-order valence-corrected chi connectivity index (χ2v) is 5.81. The maximum Gasteiger partial charge on any atom is 0.174 e. The summed E-state index contributed by atoms with van der Waals surface area (Å²) in [5.41, 5.74) is 5.77. The lowest BCUT2D eigenvalue weighted by atomic mass is 9.67. The zero-order valence-corrected chi connectivity index (χ0v) is 12.0. The molecule has 0 bridgehead atoms. The maximum absolute atomic E-state index is 12.5. The molecular formula is C14H23NO3. The van der Waals surface area contributed by atoms with E-state index in [1.165, 1.54) is 7.11 Å². The van der Waals surface area contributed by atoms with E-state index in [-0.39, 0.29) is 17.5 Å². The molecule has 2 atom stereocenters. The SMILES string of the molecule is COC1=C(C)C(=O)C(C(N)C(C)C)C(=O)C1(C)C. The number of nitrogens with two attached hydrogens (primary N) is 1. The van der Waals surface area contributed by atoms with Crippen molar-refractivity contribution < 1.29 is 14.3 Å². The highest BCUT2D eigenvalue weighted by molar-refractivity contribution is 6.16. The van der Waals surface area contributed by atoms with Crippen LogP contribution in [-0.2, 0) is 14.3 Å². The zero-order valence-electron chi connectivity index (χ0n) is 12.0. The van der Waals surface area contributed by atoms with Gasteiger partial charge in [-0.25, -0.2) is 0 Å². The number of allylic oxidation sites excluding steroid dienone is 2. The highest BCUT2D eigenvalue weighted by Crippen LogP contribution is 2.40. The van der Waals surface area contributed by atoms with Crippen LogP contribution in [0.2, 0.25) is 0 Å². The van der Waals surface area contributed by atoms with Crippen LogP contribution in [0.25, 0.3) is 0 Å². The van der Waals surface area contributed by atoms with Crippen LogP contribution in [0.5, 0.6) is 0 Å². The normalized spacial score (nSPS) is 25.7. The Labute approximate surface area is 109 Å². The fraction of sp³-hybridized carbons (Fsp3) is 0.714. The first kappa shape index (κ1) is 14.9. The van der Waals surface area contributed by atoms with Gasteiger partial charge in [0.1, 0.15) is 5.76 Å². The smallest absolute Gasteiger partial charge is 0.174 e. The van der Waals surface area contributed by atoms with Crippen LogP contribution in [0, 0.1) is 17.3 Å². The summed E-state index contributed by atoms with van der Waals surface area (Å²) in [4.78, 5) is 24.8. The number of carbonyl (C=O) groups excluding carboxylic acids is 2. The van der Waals surface area contributed by atoms with E-state index in [4.69, 9.17) is 10.5 Å². The molecule has 0 saturated heterocycles. The van der Waals surface area contributed by atoms with Gasteiger partial charge in [0.15, 0.2) is 11.6 Å². The van der Waals surface area contributed by atoms with E-state index >= 15 is 0 Å². The molecule has 0 aromatic carbocycles. The number of carbonyl (C=O) groups is 2. The highest BCUT2D eigenvalue weighted by Gasteiger charge is 2.50. The molecule has 0 fully saturated rings. The van der Waals surface area contributed by atoms with Crippen molar-refractivity contribution in [2.45, 2.75) is 40.7 Å². The molecule has 1 rings (SSSR count). The number of hydrogen-bond acceptors (Lipinski definition) is 4. The summed E-state index contributed by atoms with van der Waals surface area (Å²) in [5, 5.41) is 0. The summed E-state index contributed by atoms with van der Waals surface area (Å²) in [7, 11) is 1.49. The Morgan fingerprint density at radius 2 is 1.78 bits per heavy atom. The molecule has 0 saturated carbocycles. The summed E-state index contributed by atoms with van der Waals surface area (Å²) in [6, 6.07) is -0.447. The second kappa shape index (κ2) is 4.84. The number of Topliss-reactive ketones (excluding diaryl/α,β-unsaturated/α-hetero) is 2. The third kappa shape index (κ3) is 2.09. The summed E-state index contributed by atoms with van der Waals surface area (Å²) < 4.78 is 5.25. The molecular weight excluding hydrogens is 230 g/mol. The van der Waals surface area contributed by atoms with E-state index in [0.717, 1.165) is 0 Å². The summed E-state index contributed by atoms with van der Waals surface area (Å²) in [6.45, 7) is 9.11. The van der Waals surface area contributed by atoms with Gasteiger partial charge in [0, 0.05) is 11.6 Å². The number of ketones is 2. The van der Waals surface area contributed by atoms with Crippen LogP contribution in [-0.4, -0.2) is 24.7 Å². The third-order valence-corrected chi connectivity index (χ3v) is 3.82. The zero-order chi connectivity index (χ0) is 14.2. The quantitative estimate of drug-likeness (QED) is 0.777. The molecule has 4 nitrogen and oxygen atoms in total. The predicted octanol–water partition coefficient (Wildman–Crippen LogP) is 1.68. The Hall–Kier alpha value is -1.16. The molecule has 0 heterocycles. The van der Waals surface area contributed by atoms with E-state index < -0.39 is 17.4 Å². The van der Waals surface area contributed by atoms with Crippen LogP contribution in [0.15, 0.2) is 11.3 Å². The molecule has 0 radical (unpaired) electrons. The highest BCUT2D eigenvalue weighted by atomic mass is 16.5. The van der Waals surface area contributed by atoms with Crippen molar-refractivity contribution >= 4 is 11.6 Å². The minimum Gasteiger partial charge on any atom is -0.500 e. The van der Waals surface area contributed by atoms with E-state index in [9.17, 15) is 9.59 Å². The molecule has 0 aromatic rings. The van der Waals surface area contributed by atoms with Gasteiger partial charge in [-0.3, -0.25) is 9.59 Å². The third-order valence-electron chi connectivity index (χ3n) is 3.82. The van der Waals surface area contributed by atoms with Gasteiger partial charge in [-0.15, -0.1) is 0 Å². The van der Waals surface area contributed by atoms with Gasteiger partial charge >= 0.3 is 0 Å². The average Bonchev–Trinajstić information content (AvgIpc) is 2.27. The van der Waals surface area contributed by atoms with E-state index in [0.29, 0.717) is 11.3 Å². The number of methoxy groups -OCH3 is 1. The van der Waals surface area contributed by atoms with Crippen molar-refractivity contribution in [2.24, 2.45) is 23.0 Å². The van der Waals surface area contributed by atoms with Gasteiger partial charge in [0.05, 0.1) is 18.4 Å². The Balaban J connectivity index is 3.33. The number of hydrogen-bond donors (Lipinski definition) is 1. The lowest BCUT2D eigenvalue weighted by Crippen LogP contribution is -2.52. The minimum absolute atomic E-state index is 0.0793.